The Kier molecular flexibility index (Phi) is 3.17. The topological polar surface area (TPSA) is 104 Å². The van der Waals surface area contributed by atoms with Crippen LogP contribution in [0.1, 0.15) is 26.3 Å². The third kappa shape index (κ3) is 1.97. The highest BCUT2D eigenvalue weighted by molar-refractivity contribution is 6.00. The number of hydrogen-bond donors (Lipinski definition) is 2. The molecule has 0 unspecified atom stereocenters. The lowest BCUT2D eigenvalue weighted by Crippen LogP contribution is -2.07. The van der Waals surface area contributed by atoms with E-state index >= 15 is 0 Å². The van der Waals surface area contributed by atoms with Gasteiger partial charge in [0.05, 0.1) is 16.8 Å². The quantitative estimate of drug-likeness (QED) is 0.592. The van der Waals surface area contributed by atoms with E-state index in [0.29, 0.717) is 0 Å². The number of carboxylic acids is 2. The van der Waals surface area contributed by atoms with Crippen molar-refractivity contribution in [2.45, 2.75) is 6.92 Å². The smallest absolute Gasteiger partial charge is 0.338 e. The lowest BCUT2D eigenvalue weighted by Gasteiger charge is -2.06. The van der Waals surface area contributed by atoms with Gasteiger partial charge in [-0.3, -0.25) is 0 Å². The van der Waals surface area contributed by atoms with Crippen molar-refractivity contribution in [2.24, 2.45) is 4.99 Å². The average Bonchev–Trinajstić information content (AvgIpc) is 2.17. The monoisotopic (exact) mass is 221 g/mol. The van der Waals surface area contributed by atoms with Crippen LogP contribution in [0.3, 0.4) is 0 Å². The largest absolute Gasteiger partial charge is 0.478 e. The van der Waals surface area contributed by atoms with Crippen LogP contribution in [0, 0.1) is 6.92 Å². The van der Waals surface area contributed by atoms with Crippen LogP contribution in [-0.2, 0) is 4.79 Å². The number of benzene rings is 1. The van der Waals surface area contributed by atoms with Gasteiger partial charge in [-0.05, 0) is 24.6 Å². The van der Waals surface area contributed by atoms with Crippen LogP contribution in [0.5, 0.6) is 0 Å². The molecule has 0 fully saturated rings. The standard InChI is InChI=1S/C10H7NO5/c1-5-6(9(13)14)2-3-7(11-4-12)8(5)10(15)16/h2-3H,1H3,(H,13,14)(H,15,16). The molecule has 16 heavy (non-hydrogen) atoms. The van der Waals surface area contributed by atoms with Gasteiger partial charge in [0.2, 0.25) is 6.08 Å². The number of aromatic carboxylic acids is 2. The first-order valence-corrected chi connectivity index (χ1v) is 4.17. The van der Waals surface area contributed by atoms with Gasteiger partial charge in [-0.2, -0.15) is 4.99 Å². The van der Waals surface area contributed by atoms with Gasteiger partial charge in [-0.1, -0.05) is 0 Å². The third-order valence-corrected chi connectivity index (χ3v) is 2.05. The molecule has 0 amide bonds. The summed E-state index contributed by atoms with van der Waals surface area (Å²) in [5.41, 5.74) is -0.494. The molecular weight excluding hydrogens is 214 g/mol. The number of carbonyl (C=O) groups is 2. The van der Waals surface area contributed by atoms with Crippen LogP contribution < -0.4 is 0 Å². The molecule has 0 radical (unpaired) electrons. The molecule has 1 aromatic rings. The zero-order valence-electron chi connectivity index (χ0n) is 8.22. The molecule has 0 aliphatic heterocycles. The Morgan fingerprint density at radius 1 is 1.25 bits per heavy atom. The van der Waals surface area contributed by atoms with Crippen LogP contribution in [0.2, 0.25) is 0 Å². The van der Waals surface area contributed by atoms with Crippen molar-refractivity contribution in [1.29, 1.82) is 0 Å². The van der Waals surface area contributed by atoms with Gasteiger partial charge in [0.15, 0.2) is 0 Å². The highest BCUT2D eigenvalue weighted by Gasteiger charge is 2.19. The van der Waals surface area contributed by atoms with Gasteiger partial charge in [-0.25, -0.2) is 14.4 Å². The minimum absolute atomic E-state index is 0.0523. The predicted molar refractivity (Wildman–Crippen MR) is 52.9 cm³/mol. The normalized spacial score (nSPS) is 9.31. The Bertz CT molecular complexity index is 514. The van der Waals surface area contributed by atoms with E-state index in [1.165, 1.54) is 19.1 Å². The molecule has 0 bridgehead atoms. The van der Waals surface area contributed by atoms with Gasteiger partial charge >= 0.3 is 11.9 Å². The van der Waals surface area contributed by atoms with E-state index in [9.17, 15) is 14.4 Å². The molecule has 1 rings (SSSR count). The van der Waals surface area contributed by atoms with Gasteiger partial charge in [0, 0.05) is 0 Å². The first-order chi connectivity index (χ1) is 7.49. The van der Waals surface area contributed by atoms with Crippen molar-refractivity contribution in [1.82, 2.24) is 0 Å². The maximum Gasteiger partial charge on any atom is 0.338 e. The van der Waals surface area contributed by atoms with Crippen molar-refractivity contribution in [3.05, 3.63) is 28.8 Å². The van der Waals surface area contributed by atoms with Crippen molar-refractivity contribution < 1.29 is 24.6 Å². The van der Waals surface area contributed by atoms with Gasteiger partial charge in [-0.15, -0.1) is 0 Å². The first-order valence-electron chi connectivity index (χ1n) is 4.17. The second-order valence-electron chi connectivity index (χ2n) is 2.95. The summed E-state index contributed by atoms with van der Waals surface area (Å²) in [5.74, 6) is -2.57. The maximum atomic E-state index is 10.9. The molecule has 0 aromatic heterocycles. The second-order valence-corrected chi connectivity index (χ2v) is 2.95. The molecule has 2 N–H and O–H groups in total. The van der Waals surface area contributed by atoms with Crippen LogP contribution >= 0.6 is 0 Å². The van der Waals surface area contributed by atoms with Crippen molar-refractivity contribution >= 4 is 23.7 Å². The van der Waals surface area contributed by atoms with E-state index in [1.807, 2.05) is 0 Å². The Morgan fingerprint density at radius 2 is 1.88 bits per heavy atom. The highest BCUT2D eigenvalue weighted by atomic mass is 16.4. The Balaban J connectivity index is 3.60. The fourth-order valence-electron chi connectivity index (χ4n) is 1.34. The summed E-state index contributed by atoms with van der Waals surface area (Å²) in [6.07, 6.45) is 1.22. The van der Waals surface area contributed by atoms with Crippen LogP contribution in [-0.4, -0.2) is 28.2 Å². The van der Waals surface area contributed by atoms with Gasteiger partial charge in [0.25, 0.3) is 0 Å². The molecule has 82 valence electrons. The molecule has 0 atom stereocenters. The predicted octanol–water partition coefficient (Wildman–Crippen LogP) is 1.36. The number of carboxylic acid groups (broad SMARTS) is 2. The minimum atomic E-state index is -1.34. The third-order valence-electron chi connectivity index (χ3n) is 2.05. The fraction of sp³-hybridized carbons (Fsp3) is 0.100. The zero-order valence-corrected chi connectivity index (χ0v) is 8.22. The molecular formula is C10H7NO5. The lowest BCUT2D eigenvalue weighted by molar-refractivity contribution is 0.0696. The lowest BCUT2D eigenvalue weighted by atomic mass is 10.0. The van der Waals surface area contributed by atoms with Gasteiger partial charge in [0.1, 0.15) is 0 Å². The van der Waals surface area contributed by atoms with Crippen LogP contribution in [0.25, 0.3) is 0 Å². The average molecular weight is 221 g/mol. The number of isocyanates is 1. The second kappa shape index (κ2) is 4.37. The summed E-state index contributed by atoms with van der Waals surface area (Å²) >= 11 is 0. The Labute approximate surface area is 89.9 Å². The summed E-state index contributed by atoms with van der Waals surface area (Å²) < 4.78 is 0. The highest BCUT2D eigenvalue weighted by Crippen LogP contribution is 2.25. The van der Waals surface area contributed by atoms with E-state index in [4.69, 9.17) is 10.2 Å². The van der Waals surface area contributed by atoms with Crippen LogP contribution in [0.15, 0.2) is 17.1 Å². The van der Waals surface area contributed by atoms with Crippen molar-refractivity contribution in [3.63, 3.8) is 0 Å². The van der Waals surface area contributed by atoms with E-state index < -0.39 is 11.9 Å². The number of nitrogens with zero attached hydrogens (tertiary/aromatic N) is 1. The maximum absolute atomic E-state index is 10.9. The molecule has 0 aliphatic rings. The van der Waals surface area contributed by atoms with Crippen molar-refractivity contribution in [3.8, 4) is 0 Å². The van der Waals surface area contributed by atoms with E-state index in [1.54, 1.807) is 0 Å². The summed E-state index contributed by atoms with van der Waals surface area (Å²) in [5, 5.41) is 17.7. The number of carbonyl (C=O) groups excluding carboxylic acids is 1. The Morgan fingerprint density at radius 3 is 2.31 bits per heavy atom. The molecule has 0 saturated carbocycles. The SMILES string of the molecule is Cc1c(C(=O)O)ccc(N=C=O)c1C(=O)O. The Hall–Kier alpha value is -2.46. The number of aliphatic imine (C=N–C) groups is 1. The molecule has 0 saturated heterocycles. The number of hydrogen-bond acceptors (Lipinski definition) is 4. The molecule has 0 spiro atoms. The minimum Gasteiger partial charge on any atom is -0.478 e. The van der Waals surface area contributed by atoms with Crippen molar-refractivity contribution in [2.75, 3.05) is 0 Å². The molecule has 1 aromatic carbocycles. The van der Waals surface area contributed by atoms with E-state index in [2.05, 4.69) is 4.99 Å². The summed E-state index contributed by atoms with van der Waals surface area (Å²) in [7, 11) is 0. The summed E-state index contributed by atoms with van der Waals surface area (Å²) in [4.78, 5) is 35.0. The van der Waals surface area contributed by atoms with E-state index in [-0.39, 0.29) is 22.4 Å². The summed E-state index contributed by atoms with van der Waals surface area (Å²) in [6.45, 7) is 1.34. The zero-order chi connectivity index (χ0) is 12.3. The van der Waals surface area contributed by atoms with Gasteiger partial charge < -0.3 is 10.2 Å². The van der Waals surface area contributed by atoms with Crippen LogP contribution in [0.4, 0.5) is 5.69 Å². The van der Waals surface area contributed by atoms with E-state index in [0.717, 1.165) is 6.07 Å². The molecule has 0 aliphatic carbocycles. The molecule has 0 heterocycles. The number of rotatable bonds is 3. The summed E-state index contributed by atoms with van der Waals surface area (Å²) in [6, 6.07) is 2.35. The molecule has 6 nitrogen and oxygen atoms in total. The fourth-order valence-corrected chi connectivity index (χ4v) is 1.34. The molecule has 6 heteroatoms. The first kappa shape index (κ1) is 11.6.